The van der Waals surface area contributed by atoms with Gasteiger partial charge in [0.05, 0.1) is 0 Å². The van der Waals surface area contributed by atoms with Gasteiger partial charge in [-0.1, -0.05) is 6.08 Å². The number of nitrogens with two attached hydrogens (primary N) is 1. The van der Waals surface area contributed by atoms with E-state index in [0.29, 0.717) is 5.70 Å². The molecule has 0 radical (unpaired) electrons. The Bertz CT molecular complexity index is 120. The Morgan fingerprint density at radius 1 is 1.62 bits per heavy atom. The van der Waals surface area contributed by atoms with Gasteiger partial charge in [-0.25, -0.2) is 4.39 Å². The standard InChI is InChI=1S/C6H10FN/c1-3-6(7)4-5(2)8/h3-4H,8H2,1-2H3/b5-4+,6-3+. The molecule has 0 spiro atoms. The Morgan fingerprint density at radius 3 is 2.25 bits per heavy atom. The van der Waals surface area contributed by atoms with Crippen molar-refractivity contribution in [1.29, 1.82) is 0 Å². The quantitative estimate of drug-likeness (QED) is 0.517. The van der Waals surface area contributed by atoms with Crippen LogP contribution in [0.3, 0.4) is 0 Å². The molecule has 0 aromatic carbocycles. The van der Waals surface area contributed by atoms with Gasteiger partial charge in [0.2, 0.25) is 0 Å². The van der Waals surface area contributed by atoms with Gasteiger partial charge in [0.15, 0.2) is 0 Å². The lowest BCUT2D eigenvalue weighted by molar-refractivity contribution is 0.663. The number of halogens is 1. The maximum Gasteiger partial charge on any atom is 0.120 e. The summed E-state index contributed by atoms with van der Waals surface area (Å²) in [4.78, 5) is 0. The average molecular weight is 115 g/mol. The van der Waals surface area contributed by atoms with E-state index in [-0.39, 0.29) is 5.83 Å². The molecule has 0 aromatic rings. The summed E-state index contributed by atoms with van der Waals surface area (Å²) in [6, 6.07) is 0. The second-order valence-electron chi connectivity index (χ2n) is 1.56. The second kappa shape index (κ2) is 3.24. The van der Waals surface area contributed by atoms with Crippen molar-refractivity contribution in [3.63, 3.8) is 0 Å². The van der Waals surface area contributed by atoms with Crippen molar-refractivity contribution in [2.75, 3.05) is 0 Å². The Hall–Kier alpha value is -0.790. The van der Waals surface area contributed by atoms with Crippen molar-refractivity contribution in [1.82, 2.24) is 0 Å². The first kappa shape index (κ1) is 7.21. The smallest absolute Gasteiger partial charge is 0.120 e. The van der Waals surface area contributed by atoms with Crippen LogP contribution in [-0.4, -0.2) is 0 Å². The monoisotopic (exact) mass is 115 g/mol. The molecule has 0 saturated carbocycles. The fraction of sp³-hybridized carbons (Fsp3) is 0.333. The van der Waals surface area contributed by atoms with E-state index < -0.39 is 0 Å². The molecule has 0 aliphatic heterocycles. The first-order chi connectivity index (χ1) is 3.66. The first-order valence-corrected chi connectivity index (χ1v) is 2.42. The van der Waals surface area contributed by atoms with Crippen LogP contribution in [0.4, 0.5) is 4.39 Å². The molecule has 1 nitrogen and oxygen atoms in total. The Morgan fingerprint density at radius 2 is 2.12 bits per heavy atom. The minimum absolute atomic E-state index is 0.287. The van der Waals surface area contributed by atoms with Crippen molar-refractivity contribution in [3.8, 4) is 0 Å². The van der Waals surface area contributed by atoms with Crippen LogP contribution in [0, 0.1) is 0 Å². The molecule has 0 amide bonds. The zero-order chi connectivity index (χ0) is 6.57. The van der Waals surface area contributed by atoms with Gasteiger partial charge < -0.3 is 5.73 Å². The predicted molar refractivity (Wildman–Crippen MR) is 32.8 cm³/mol. The molecule has 0 atom stereocenters. The third kappa shape index (κ3) is 3.40. The summed E-state index contributed by atoms with van der Waals surface area (Å²) in [5.41, 5.74) is 5.64. The third-order valence-electron chi connectivity index (χ3n) is 0.641. The maximum absolute atomic E-state index is 12.1. The summed E-state index contributed by atoms with van der Waals surface area (Å²) >= 11 is 0. The highest BCUT2D eigenvalue weighted by atomic mass is 19.1. The molecule has 2 N–H and O–H groups in total. The molecule has 0 fully saturated rings. The van der Waals surface area contributed by atoms with Crippen LogP contribution in [0.25, 0.3) is 0 Å². The normalized spacial score (nSPS) is 14.4. The zero-order valence-corrected chi connectivity index (χ0v) is 5.11. The topological polar surface area (TPSA) is 26.0 Å². The van der Waals surface area contributed by atoms with Gasteiger partial charge >= 0.3 is 0 Å². The van der Waals surface area contributed by atoms with Crippen molar-refractivity contribution in [2.45, 2.75) is 13.8 Å². The van der Waals surface area contributed by atoms with Gasteiger partial charge in [-0.2, -0.15) is 0 Å². The lowest BCUT2D eigenvalue weighted by atomic mass is 10.4. The lowest BCUT2D eigenvalue weighted by Gasteiger charge is -1.85. The van der Waals surface area contributed by atoms with Crippen LogP contribution in [-0.2, 0) is 0 Å². The number of hydrogen-bond acceptors (Lipinski definition) is 1. The molecule has 0 aliphatic carbocycles. The minimum Gasteiger partial charge on any atom is -0.402 e. The van der Waals surface area contributed by atoms with Crippen LogP contribution in [0.1, 0.15) is 13.8 Å². The first-order valence-electron chi connectivity index (χ1n) is 2.42. The highest BCUT2D eigenvalue weighted by Crippen LogP contribution is 1.98. The van der Waals surface area contributed by atoms with Gasteiger partial charge in [-0.05, 0) is 19.9 Å². The molecule has 0 aromatic heterocycles. The van der Waals surface area contributed by atoms with Crippen molar-refractivity contribution >= 4 is 0 Å². The average Bonchev–Trinajstić information content (AvgIpc) is 1.65. The number of rotatable bonds is 1. The predicted octanol–water partition coefficient (Wildman–Crippen LogP) is 1.72. The van der Waals surface area contributed by atoms with Gasteiger partial charge in [-0.3, -0.25) is 0 Å². The molecule has 0 aliphatic rings. The van der Waals surface area contributed by atoms with Crippen molar-refractivity contribution < 1.29 is 4.39 Å². The summed E-state index contributed by atoms with van der Waals surface area (Å²) in [7, 11) is 0. The molecule has 2 heteroatoms. The van der Waals surface area contributed by atoms with Crippen LogP contribution in [0.2, 0.25) is 0 Å². The van der Waals surface area contributed by atoms with E-state index in [4.69, 9.17) is 5.73 Å². The van der Waals surface area contributed by atoms with Crippen LogP contribution < -0.4 is 5.73 Å². The summed E-state index contributed by atoms with van der Waals surface area (Å²) < 4.78 is 12.1. The summed E-state index contributed by atoms with van der Waals surface area (Å²) in [6.07, 6.45) is 2.64. The molecule has 46 valence electrons. The summed E-state index contributed by atoms with van der Waals surface area (Å²) in [5, 5.41) is 0. The maximum atomic E-state index is 12.1. The molecule has 0 rings (SSSR count). The highest BCUT2D eigenvalue weighted by Gasteiger charge is 1.82. The molecule has 0 heterocycles. The Kier molecular flexibility index (Phi) is 2.92. The van der Waals surface area contributed by atoms with E-state index in [1.807, 2.05) is 0 Å². The fourth-order valence-corrected chi connectivity index (χ4v) is 0.301. The molecule has 0 unspecified atom stereocenters. The van der Waals surface area contributed by atoms with Gasteiger partial charge in [0.1, 0.15) is 5.83 Å². The summed E-state index contributed by atoms with van der Waals surface area (Å²) in [6.45, 7) is 3.26. The van der Waals surface area contributed by atoms with Gasteiger partial charge in [0.25, 0.3) is 0 Å². The van der Waals surface area contributed by atoms with Crippen LogP contribution >= 0.6 is 0 Å². The van der Waals surface area contributed by atoms with E-state index in [0.717, 1.165) is 0 Å². The van der Waals surface area contributed by atoms with Crippen LogP contribution in [0.5, 0.6) is 0 Å². The molecular weight excluding hydrogens is 105 g/mol. The van der Waals surface area contributed by atoms with Crippen molar-refractivity contribution in [2.24, 2.45) is 5.73 Å². The Balaban J connectivity index is 3.89. The molecular formula is C6H10FN. The van der Waals surface area contributed by atoms with Gasteiger partial charge in [0, 0.05) is 5.70 Å². The largest absolute Gasteiger partial charge is 0.402 e. The van der Waals surface area contributed by atoms with E-state index in [2.05, 4.69) is 0 Å². The Labute approximate surface area is 48.7 Å². The third-order valence-corrected chi connectivity index (χ3v) is 0.641. The van der Waals surface area contributed by atoms with E-state index >= 15 is 0 Å². The number of hydrogen-bond donors (Lipinski definition) is 1. The van der Waals surface area contributed by atoms with E-state index in [1.165, 1.54) is 12.2 Å². The lowest BCUT2D eigenvalue weighted by Crippen LogP contribution is -1.89. The van der Waals surface area contributed by atoms with Crippen LogP contribution in [0.15, 0.2) is 23.7 Å². The minimum atomic E-state index is -0.287. The van der Waals surface area contributed by atoms with Gasteiger partial charge in [-0.15, -0.1) is 0 Å². The molecule has 8 heavy (non-hydrogen) atoms. The summed E-state index contributed by atoms with van der Waals surface area (Å²) in [5.74, 6) is -0.287. The van der Waals surface area contributed by atoms with E-state index in [1.54, 1.807) is 13.8 Å². The SMILES string of the molecule is C/C=C(F)\C=C(/C)N. The molecule has 0 saturated heterocycles. The zero-order valence-electron chi connectivity index (χ0n) is 5.11. The highest BCUT2D eigenvalue weighted by molar-refractivity contribution is 5.13. The van der Waals surface area contributed by atoms with E-state index in [9.17, 15) is 4.39 Å². The second-order valence-corrected chi connectivity index (χ2v) is 1.56. The molecule has 0 bridgehead atoms. The number of allylic oxidation sites excluding steroid dienone is 4. The fourth-order valence-electron chi connectivity index (χ4n) is 0.301. The van der Waals surface area contributed by atoms with Crippen molar-refractivity contribution in [3.05, 3.63) is 23.7 Å².